The van der Waals surface area contributed by atoms with Gasteiger partial charge in [-0.25, -0.2) is 0 Å². The molecule has 1 aliphatic rings. The van der Waals surface area contributed by atoms with Gasteiger partial charge in [0.1, 0.15) is 11.9 Å². The molecule has 1 N–H and O–H groups in total. The Hall–Kier alpha value is -1.89. The fraction of sp³-hybridized carbons (Fsp3) is 0.526. The molecule has 1 fully saturated rings. The summed E-state index contributed by atoms with van der Waals surface area (Å²) in [4.78, 5) is 2.28. The Labute approximate surface area is 149 Å². The molecule has 6 heteroatoms. The van der Waals surface area contributed by atoms with Gasteiger partial charge < -0.3 is 14.6 Å². The van der Waals surface area contributed by atoms with Crippen molar-refractivity contribution in [2.24, 2.45) is 13.0 Å². The molecule has 25 heavy (non-hydrogen) atoms. The van der Waals surface area contributed by atoms with E-state index < -0.39 is 0 Å². The van der Waals surface area contributed by atoms with E-state index in [4.69, 9.17) is 9.47 Å². The number of aromatic nitrogens is 2. The maximum Gasteiger partial charge on any atom is 0.123 e. The monoisotopic (exact) mass is 345 g/mol. The molecule has 1 aromatic carbocycles. The number of rotatable bonds is 8. The number of aliphatic hydroxyl groups is 1. The first-order valence-electron chi connectivity index (χ1n) is 8.77. The number of benzene rings is 1. The van der Waals surface area contributed by atoms with Crippen LogP contribution in [0.1, 0.15) is 23.8 Å². The molecule has 0 spiro atoms. The third kappa shape index (κ3) is 4.21. The van der Waals surface area contributed by atoms with Crippen LogP contribution in [0.25, 0.3) is 0 Å². The lowest BCUT2D eigenvalue weighted by Crippen LogP contribution is -2.33. The van der Waals surface area contributed by atoms with Gasteiger partial charge in [-0.1, -0.05) is 18.2 Å². The Bertz CT molecular complexity index is 673. The van der Waals surface area contributed by atoms with E-state index in [0.29, 0.717) is 12.5 Å². The van der Waals surface area contributed by atoms with Crippen LogP contribution in [-0.4, -0.2) is 53.2 Å². The largest absolute Gasteiger partial charge is 0.496 e. The van der Waals surface area contributed by atoms with Crippen molar-refractivity contribution in [2.45, 2.75) is 19.1 Å². The Morgan fingerprint density at radius 2 is 2.20 bits per heavy atom. The molecule has 3 rings (SSSR count). The van der Waals surface area contributed by atoms with E-state index in [-0.39, 0.29) is 12.7 Å². The Morgan fingerprint density at radius 3 is 2.92 bits per heavy atom. The summed E-state index contributed by atoms with van der Waals surface area (Å²) in [6.45, 7) is 3.15. The number of ether oxygens (including phenoxy) is 2. The minimum atomic E-state index is 0.0614. The van der Waals surface area contributed by atoms with Crippen LogP contribution in [0.4, 0.5) is 0 Å². The minimum Gasteiger partial charge on any atom is -0.496 e. The Morgan fingerprint density at radius 1 is 1.36 bits per heavy atom. The van der Waals surface area contributed by atoms with Crippen molar-refractivity contribution >= 4 is 0 Å². The third-order valence-electron chi connectivity index (χ3n) is 4.86. The van der Waals surface area contributed by atoms with Crippen molar-refractivity contribution in [3.05, 3.63) is 47.8 Å². The van der Waals surface area contributed by atoms with Gasteiger partial charge in [0.05, 0.1) is 19.4 Å². The van der Waals surface area contributed by atoms with Gasteiger partial charge in [0.2, 0.25) is 0 Å². The summed E-state index contributed by atoms with van der Waals surface area (Å²) in [6.07, 6.45) is 2.89. The van der Waals surface area contributed by atoms with Crippen LogP contribution < -0.4 is 4.74 Å². The molecule has 1 saturated heterocycles. The molecule has 0 bridgehead atoms. The average molecular weight is 345 g/mol. The van der Waals surface area contributed by atoms with Crippen molar-refractivity contribution in [2.75, 3.05) is 33.4 Å². The van der Waals surface area contributed by atoms with Crippen LogP contribution in [0.15, 0.2) is 36.5 Å². The standard InChI is InChI=1S/C19H27N3O3/c1-21-17(7-9-20-21)19-16(8-12-25-19)14-22(10-11-23)13-15-5-3-4-6-18(15)24-2/h3-7,9,16,19,23H,8,10-14H2,1-2H3/t16-,19+/m0/s1. The summed E-state index contributed by atoms with van der Waals surface area (Å²) < 4.78 is 13.3. The molecule has 0 radical (unpaired) electrons. The zero-order valence-corrected chi connectivity index (χ0v) is 15.0. The Balaban J connectivity index is 1.71. The predicted molar refractivity (Wildman–Crippen MR) is 95.4 cm³/mol. The topological polar surface area (TPSA) is 59.8 Å². The smallest absolute Gasteiger partial charge is 0.123 e. The molecule has 0 unspecified atom stereocenters. The first-order valence-corrected chi connectivity index (χ1v) is 8.77. The molecular weight excluding hydrogens is 318 g/mol. The molecule has 2 atom stereocenters. The fourth-order valence-corrected chi connectivity index (χ4v) is 3.59. The molecule has 1 aromatic heterocycles. The number of aliphatic hydroxyl groups excluding tert-OH is 1. The second kappa shape index (κ2) is 8.47. The van der Waals surface area contributed by atoms with Gasteiger partial charge in [-0.05, 0) is 18.6 Å². The number of para-hydroxylation sites is 1. The Kier molecular flexibility index (Phi) is 6.07. The van der Waals surface area contributed by atoms with Gasteiger partial charge in [0.25, 0.3) is 0 Å². The number of nitrogens with zero attached hydrogens (tertiary/aromatic N) is 3. The normalized spacial score (nSPS) is 20.3. The van der Waals surface area contributed by atoms with Gasteiger partial charge in [-0.2, -0.15) is 5.10 Å². The lowest BCUT2D eigenvalue weighted by Gasteiger charge is -2.28. The van der Waals surface area contributed by atoms with Crippen molar-refractivity contribution in [1.29, 1.82) is 0 Å². The summed E-state index contributed by atoms with van der Waals surface area (Å²) in [5.41, 5.74) is 2.25. The van der Waals surface area contributed by atoms with Crippen molar-refractivity contribution in [3.63, 3.8) is 0 Å². The zero-order chi connectivity index (χ0) is 17.6. The molecule has 1 aliphatic heterocycles. The summed E-state index contributed by atoms with van der Waals surface area (Å²) >= 11 is 0. The highest BCUT2D eigenvalue weighted by Gasteiger charge is 2.32. The molecule has 6 nitrogen and oxygen atoms in total. The molecule has 2 aromatic rings. The predicted octanol–water partition coefficient (Wildman–Crippen LogP) is 2.00. The van der Waals surface area contributed by atoms with Gasteiger partial charge in [-0.15, -0.1) is 0 Å². The lowest BCUT2D eigenvalue weighted by molar-refractivity contribution is 0.0675. The van der Waals surface area contributed by atoms with E-state index >= 15 is 0 Å². The number of hydrogen-bond acceptors (Lipinski definition) is 5. The van der Waals surface area contributed by atoms with Crippen molar-refractivity contribution < 1.29 is 14.6 Å². The number of aryl methyl sites for hydroxylation is 1. The van der Waals surface area contributed by atoms with Crippen LogP contribution in [0.3, 0.4) is 0 Å². The molecule has 0 amide bonds. The highest BCUT2D eigenvalue weighted by Crippen LogP contribution is 2.35. The maximum absolute atomic E-state index is 9.49. The van der Waals surface area contributed by atoms with E-state index in [1.54, 1.807) is 7.11 Å². The first-order chi connectivity index (χ1) is 12.2. The summed E-state index contributed by atoms with van der Waals surface area (Å²) in [7, 11) is 3.65. The van der Waals surface area contributed by atoms with Crippen molar-refractivity contribution in [1.82, 2.24) is 14.7 Å². The summed E-state index contributed by atoms with van der Waals surface area (Å²) in [5, 5.41) is 13.8. The van der Waals surface area contributed by atoms with E-state index in [9.17, 15) is 5.11 Å². The SMILES string of the molecule is COc1ccccc1CN(CCO)C[C@@H]1CCO[C@H]1c1ccnn1C. The van der Waals surface area contributed by atoms with E-state index in [1.807, 2.05) is 42.2 Å². The van der Waals surface area contributed by atoms with Gasteiger partial charge >= 0.3 is 0 Å². The summed E-state index contributed by atoms with van der Waals surface area (Å²) in [6, 6.07) is 10.1. The quantitative estimate of drug-likeness (QED) is 0.793. The molecule has 2 heterocycles. The van der Waals surface area contributed by atoms with E-state index in [2.05, 4.69) is 16.1 Å². The lowest BCUT2D eigenvalue weighted by atomic mass is 9.98. The van der Waals surface area contributed by atoms with Crippen LogP contribution in [0, 0.1) is 5.92 Å². The maximum atomic E-state index is 9.49. The van der Waals surface area contributed by atoms with Gasteiger partial charge in [0, 0.05) is 51.0 Å². The van der Waals surface area contributed by atoms with E-state index in [1.165, 1.54) is 0 Å². The van der Waals surface area contributed by atoms with E-state index in [0.717, 1.165) is 43.1 Å². The summed E-state index contributed by atoms with van der Waals surface area (Å²) in [5.74, 6) is 1.27. The fourth-order valence-electron chi connectivity index (χ4n) is 3.59. The number of hydrogen-bond donors (Lipinski definition) is 1. The molecule has 0 saturated carbocycles. The minimum absolute atomic E-state index is 0.0614. The first kappa shape index (κ1) is 17.9. The average Bonchev–Trinajstić information content (AvgIpc) is 3.24. The van der Waals surface area contributed by atoms with Gasteiger partial charge in [-0.3, -0.25) is 9.58 Å². The molecule has 136 valence electrons. The van der Waals surface area contributed by atoms with Gasteiger partial charge in [0.15, 0.2) is 0 Å². The highest BCUT2D eigenvalue weighted by molar-refractivity contribution is 5.33. The zero-order valence-electron chi connectivity index (χ0n) is 15.0. The second-order valence-electron chi connectivity index (χ2n) is 6.49. The second-order valence-corrected chi connectivity index (χ2v) is 6.49. The highest BCUT2D eigenvalue weighted by atomic mass is 16.5. The molecule has 0 aliphatic carbocycles. The van der Waals surface area contributed by atoms with Crippen LogP contribution in [0.2, 0.25) is 0 Å². The number of methoxy groups -OCH3 is 1. The van der Waals surface area contributed by atoms with Crippen LogP contribution >= 0.6 is 0 Å². The van der Waals surface area contributed by atoms with Crippen LogP contribution in [0.5, 0.6) is 5.75 Å². The third-order valence-corrected chi connectivity index (χ3v) is 4.86. The van der Waals surface area contributed by atoms with Crippen molar-refractivity contribution in [3.8, 4) is 5.75 Å². The van der Waals surface area contributed by atoms with Crippen LogP contribution in [-0.2, 0) is 18.3 Å². The molecular formula is C19H27N3O3.